The molecule has 0 radical (unpaired) electrons. The smallest absolute Gasteiger partial charge is 0.224 e. The van der Waals surface area contributed by atoms with Gasteiger partial charge in [-0.1, -0.05) is 0 Å². The molecule has 112 valence electrons. The molecule has 1 unspecified atom stereocenters. The van der Waals surface area contributed by atoms with E-state index >= 15 is 0 Å². The number of nitrogens with zero attached hydrogens (tertiary/aromatic N) is 1. The first kappa shape index (κ1) is 13.0. The number of rotatable bonds is 2. The molecule has 0 aromatic heterocycles. The van der Waals surface area contributed by atoms with E-state index in [9.17, 15) is 4.79 Å². The van der Waals surface area contributed by atoms with Gasteiger partial charge in [-0.15, -0.1) is 0 Å². The first-order valence-electron chi connectivity index (χ1n) is 7.90. The Labute approximate surface area is 124 Å². The van der Waals surface area contributed by atoms with Crippen LogP contribution in [-0.2, 0) is 11.2 Å². The lowest BCUT2D eigenvalue weighted by molar-refractivity contribution is -0.116. The van der Waals surface area contributed by atoms with E-state index in [0.717, 1.165) is 41.5 Å². The quantitative estimate of drug-likeness (QED) is 0.723. The zero-order valence-corrected chi connectivity index (χ0v) is 12.2. The second-order valence-corrected chi connectivity index (χ2v) is 6.53. The van der Waals surface area contributed by atoms with Crippen LogP contribution in [0.25, 0.3) is 0 Å². The maximum absolute atomic E-state index is 11.5. The van der Waals surface area contributed by atoms with E-state index in [4.69, 9.17) is 5.73 Å². The number of amides is 1. The van der Waals surface area contributed by atoms with Crippen molar-refractivity contribution in [3.05, 3.63) is 17.7 Å². The van der Waals surface area contributed by atoms with Crippen molar-refractivity contribution >= 4 is 23.0 Å². The Kier molecular flexibility index (Phi) is 3.03. The molecule has 5 rings (SSSR count). The van der Waals surface area contributed by atoms with Crippen molar-refractivity contribution in [2.45, 2.75) is 31.7 Å². The SMILES string of the molecule is Nc1cc2c(cc1NC1CN3CCC1CC3)NC(=O)CC2. The Bertz CT molecular complexity index is 578. The number of hydrogen-bond acceptors (Lipinski definition) is 4. The van der Waals surface area contributed by atoms with Crippen molar-refractivity contribution in [3.8, 4) is 0 Å². The largest absolute Gasteiger partial charge is 0.397 e. The number of aryl methyl sites for hydroxylation is 1. The van der Waals surface area contributed by atoms with Gasteiger partial charge in [-0.25, -0.2) is 0 Å². The number of piperidine rings is 3. The van der Waals surface area contributed by atoms with Crippen molar-refractivity contribution < 1.29 is 4.79 Å². The summed E-state index contributed by atoms with van der Waals surface area (Å²) in [4.78, 5) is 14.1. The highest BCUT2D eigenvalue weighted by molar-refractivity contribution is 5.95. The minimum Gasteiger partial charge on any atom is -0.397 e. The molecule has 3 fully saturated rings. The summed E-state index contributed by atoms with van der Waals surface area (Å²) in [5.41, 5.74) is 10.0. The predicted octanol–water partition coefficient (Wildman–Crippen LogP) is 1.66. The summed E-state index contributed by atoms with van der Waals surface area (Å²) < 4.78 is 0. The molecule has 1 aromatic carbocycles. The Morgan fingerprint density at radius 1 is 1.24 bits per heavy atom. The number of fused-ring (bicyclic) bond motifs is 4. The first-order valence-corrected chi connectivity index (χ1v) is 7.90. The van der Waals surface area contributed by atoms with Gasteiger partial charge in [0, 0.05) is 24.7 Å². The molecule has 4 heterocycles. The second-order valence-electron chi connectivity index (χ2n) is 6.53. The molecule has 0 saturated carbocycles. The van der Waals surface area contributed by atoms with Crippen LogP contribution in [0.5, 0.6) is 0 Å². The van der Waals surface area contributed by atoms with Crippen LogP contribution < -0.4 is 16.4 Å². The molecule has 5 nitrogen and oxygen atoms in total. The Balaban J connectivity index is 1.57. The van der Waals surface area contributed by atoms with Crippen LogP contribution in [0.3, 0.4) is 0 Å². The van der Waals surface area contributed by atoms with Crippen LogP contribution in [0.2, 0.25) is 0 Å². The van der Waals surface area contributed by atoms with Crippen molar-refractivity contribution in [1.82, 2.24) is 4.90 Å². The van der Waals surface area contributed by atoms with Gasteiger partial charge >= 0.3 is 0 Å². The van der Waals surface area contributed by atoms with Gasteiger partial charge in [0.05, 0.1) is 11.4 Å². The third-order valence-electron chi connectivity index (χ3n) is 5.17. The number of carbonyl (C=O) groups is 1. The van der Waals surface area contributed by atoms with Crippen LogP contribution in [-0.4, -0.2) is 36.5 Å². The Morgan fingerprint density at radius 3 is 2.76 bits per heavy atom. The van der Waals surface area contributed by atoms with E-state index in [1.54, 1.807) is 0 Å². The number of hydrogen-bond donors (Lipinski definition) is 3. The molecular weight excluding hydrogens is 264 g/mol. The lowest BCUT2D eigenvalue weighted by atomic mass is 9.84. The van der Waals surface area contributed by atoms with Crippen molar-refractivity contribution in [3.63, 3.8) is 0 Å². The lowest BCUT2D eigenvalue weighted by Gasteiger charge is -2.45. The number of nitrogen functional groups attached to an aromatic ring is 1. The Hall–Kier alpha value is -1.75. The summed E-state index contributed by atoms with van der Waals surface area (Å²) >= 11 is 0. The average Bonchev–Trinajstić information content (AvgIpc) is 2.50. The van der Waals surface area contributed by atoms with Crippen molar-refractivity contribution in [2.75, 3.05) is 36.0 Å². The number of anilines is 3. The van der Waals surface area contributed by atoms with Crippen molar-refractivity contribution in [2.24, 2.45) is 5.92 Å². The standard InChI is InChI=1S/C16H22N4O/c17-12-7-11-1-2-16(21)19-13(11)8-14(12)18-15-9-20-5-3-10(15)4-6-20/h7-8,10,15,18H,1-6,9,17H2,(H,19,21). The summed E-state index contributed by atoms with van der Waals surface area (Å²) in [5, 5.41) is 6.58. The number of carbonyl (C=O) groups excluding carboxylic acids is 1. The van der Waals surface area contributed by atoms with Gasteiger partial charge < -0.3 is 21.3 Å². The minimum absolute atomic E-state index is 0.0982. The van der Waals surface area contributed by atoms with Crippen molar-refractivity contribution in [1.29, 1.82) is 0 Å². The molecule has 5 heteroatoms. The highest BCUT2D eigenvalue weighted by Crippen LogP contribution is 2.34. The average molecular weight is 286 g/mol. The normalized spacial score (nSPS) is 30.7. The van der Waals surface area contributed by atoms with Gasteiger partial charge in [0.25, 0.3) is 0 Å². The number of nitrogens with one attached hydrogen (secondary N) is 2. The van der Waals surface area contributed by atoms with E-state index in [-0.39, 0.29) is 5.91 Å². The lowest BCUT2D eigenvalue weighted by Crippen LogP contribution is -2.53. The van der Waals surface area contributed by atoms with Gasteiger partial charge in [0.1, 0.15) is 0 Å². The molecule has 4 N–H and O–H groups in total. The molecule has 4 aliphatic heterocycles. The molecule has 0 spiro atoms. The molecule has 1 aromatic rings. The van der Waals surface area contributed by atoms with Crippen LogP contribution in [0.4, 0.5) is 17.1 Å². The van der Waals surface area contributed by atoms with Gasteiger partial charge in [-0.3, -0.25) is 4.79 Å². The zero-order valence-electron chi connectivity index (χ0n) is 12.2. The fraction of sp³-hybridized carbons (Fsp3) is 0.562. The molecule has 1 amide bonds. The summed E-state index contributed by atoms with van der Waals surface area (Å²) in [6.07, 6.45) is 3.89. The van der Waals surface area contributed by atoms with Crippen LogP contribution in [0.15, 0.2) is 12.1 Å². The fourth-order valence-electron chi connectivity index (χ4n) is 3.90. The van der Waals surface area contributed by atoms with Crippen LogP contribution in [0, 0.1) is 5.92 Å². The molecule has 1 atom stereocenters. The maximum Gasteiger partial charge on any atom is 0.224 e. The van der Waals surface area contributed by atoms with Crippen LogP contribution >= 0.6 is 0 Å². The van der Waals surface area contributed by atoms with E-state index in [2.05, 4.69) is 15.5 Å². The van der Waals surface area contributed by atoms with E-state index in [0.29, 0.717) is 12.5 Å². The highest BCUT2D eigenvalue weighted by atomic mass is 16.1. The van der Waals surface area contributed by atoms with Gasteiger partial charge in [-0.2, -0.15) is 0 Å². The monoisotopic (exact) mass is 286 g/mol. The van der Waals surface area contributed by atoms with Gasteiger partial charge in [-0.05, 0) is 56.0 Å². The van der Waals surface area contributed by atoms with Gasteiger partial charge in [0.15, 0.2) is 0 Å². The van der Waals surface area contributed by atoms with E-state index < -0.39 is 0 Å². The third kappa shape index (κ3) is 2.35. The summed E-state index contributed by atoms with van der Waals surface area (Å²) in [7, 11) is 0. The highest BCUT2D eigenvalue weighted by Gasteiger charge is 2.34. The summed E-state index contributed by atoms with van der Waals surface area (Å²) in [6, 6.07) is 4.50. The Morgan fingerprint density at radius 2 is 2.05 bits per heavy atom. The second kappa shape index (κ2) is 4.91. The molecular formula is C16H22N4O. The molecule has 4 aliphatic rings. The summed E-state index contributed by atoms with van der Waals surface area (Å²) in [5.74, 6) is 0.848. The fourth-order valence-corrected chi connectivity index (χ4v) is 3.90. The number of nitrogens with two attached hydrogens (primary N) is 1. The maximum atomic E-state index is 11.5. The van der Waals surface area contributed by atoms with E-state index in [1.807, 2.05) is 12.1 Å². The zero-order chi connectivity index (χ0) is 14.4. The predicted molar refractivity (Wildman–Crippen MR) is 84.4 cm³/mol. The number of benzene rings is 1. The molecule has 0 aliphatic carbocycles. The third-order valence-corrected chi connectivity index (χ3v) is 5.17. The molecule has 2 bridgehead atoms. The topological polar surface area (TPSA) is 70.4 Å². The molecule has 3 saturated heterocycles. The van der Waals surface area contributed by atoms with E-state index in [1.165, 1.54) is 25.9 Å². The van der Waals surface area contributed by atoms with Gasteiger partial charge in [0.2, 0.25) is 5.91 Å². The molecule has 21 heavy (non-hydrogen) atoms. The minimum atomic E-state index is 0.0982. The first-order chi connectivity index (χ1) is 10.2. The summed E-state index contributed by atoms with van der Waals surface area (Å²) in [6.45, 7) is 3.57. The van der Waals surface area contributed by atoms with Crippen LogP contribution in [0.1, 0.15) is 24.8 Å².